The molecule has 0 bridgehead atoms. The van der Waals surface area contributed by atoms with E-state index in [2.05, 4.69) is 28.0 Å². The average molecular weight is 237 g/mol. The Morgan fingerprint density at radius 3 is 3.18 bits per heavy atom. The first-order chi connectivity index (χ1) is 8.35. The number of imidazole rings is 1. The van der Waals surface area contributed by atoms with Gasteiger partial charge in [0.2, 0.25) is 0 Å². The van der Waals surface area contributed by atoms with Crippen LogP contribution in [0.5, 0.6) is 0 Å². The predicted octanol–water partition coefficient (Wildman–Crippen LogP) is 1.60. The van der Waals surface area contributed by atoms with E-state index in [0.717, 1.165) is 26.0 Å². The van der Waals surface area contributed by atoms with Crippen molar-refractivity contribution in [1.82, 2.24) is 14.9 Å². The Kier molecular flexibility index (Phi) is 4.57. The second-order valence-electron chi connectivity index (χ2n) is 4.69. The molecule has 4 heteroatoms. The van der Waals surface area contributed by atoms with Crippen LogP contribution in [0.3, 0.4) is 0 Å². The van der Waals surface area contributed by atoms with Gasteiger partial charge in [0.15, 0.2) is 0 Å². The maximum absolute atomic E-state index is 5.76. The van der Waals surface area contributed by atoms with Gasteiger partial charge >= 0.3 is 0 Å². The van der Waals surface area contributed by atoms with Gasteiger partial charge in [-0.1, -0.05) is 6.92 Å². The second kappa shape index (κ2) is 6.17. The van der Waals surface area contributed by atoms with E-state index in [1.807, 2.05) is 13.2 Å². The summed E-state index contributed by atoms with van der Waals surface area (Å²) in [5, 5.41) is 3.37. The molecule has 2 rings (SSSR count). The molecule has 4 nitrogen and oxygen atoms in total. The van der Waals surface area contributed by atoms with E-state index >= 15 is 0 Å². The van der Waals surface area contributed by atoms with Crippen LogP contribution in [0.1, 0.15) is 32.0 Å². The first kappa shape index (κ1) is 12.6. The summed E-state index contributed by atoms with van der Waals surface area (Å²) >= 11 is 0. The van der Waals surface area contributed by atoms with Gasteiger partial charge in [-0.3, -0.25) is 0 Å². The number of hydrogen-bond donors (Lipinski definition) is 1. The number of rotatable bonds is 6. The van der Waals surface area contributed by atoms with E-state index in [1.165, 1.54) is 18.7 Å². The van der Waals surface area contributed by atoms with Gasteiger partial charge < -0.3 is 14.6 Å². The van der Waals surface area contributed by atoms with Crippen molar-refractivity contribution >= 4 is 0 Å². The van der Waals surface area contributed by atoms with Crippen molar-refractivity contribution < 1.29 is 4.74 Å². The summed E-state index contributed by atoms with van der Waals surface area (Å²) in [6.45, 7) is 4.16. The highest BCUT2D eigenvalue weighted by atomic mass is 16.5. The fraction of sp³-hybridized carbons (Fsp3) is 0.769. The molecule has 0 amide bonds. The van der Waals surface area contributed by atoms with Crippen molar-refractivity contribution in [2.45, 2.75) is 51.3 Å². The zero-order chi connectivity index (χ0) is 12.1. The van der Waals surface area contributed by atoms with Crippen LogP contribution in [0.25, 0.3) is 0 Å². The molecular weight excluding hydrogens is 214 g/mol. The van der Waals surface area contributed by atoms with Crippen LogP contribution in [0.2, 0.25) is 0 Å². The van der Waals surface area contributed by atoms with Crippen LogP contribution in [0, 0.1) is 0 Å². The van der Waals surface area contributed by atoms with Crippen LogP contribution in [0.15, 0.2) is 12.4 Å². The van der Waals surface area contributed by atoms with Gasteiger partial charge in [0.25, 0.3) is 0 Å². The van der Waals surface area contributed by atoms with Crippen molar-refractivity contribution in [2.75, 3.05) is 13.7 Å². The minimum atomic E-state index is 0.353. The lowest BCUT2D eigenvalue weighted by atomic mass is 10.0. The topological polar surface area (TPSA) is 39.1 Å². The highest BCUT2D eigenvalue weighted by Gasteiger charge is 2.25. The number of aryl methyl sites for hydroxylation is 1. The summed E-state index contributed by atoms with van der Waals surface area (Å²) in [6, 6.07) is 0.385. The fourth-order valence-electron chi connectivity index (χ4n) is 2.51. The lowest BCUT2D eigenvalue weighted by Crippen LogP contribution is -2.39. The zero-order valence-corrected chi connectivity index (χ0v) is 10.9. The van der Waals surface area contributed by atoms with E-state index in [1.54, 1.807) is 0 Å². The molecule has 1 fully saturated rings. The molecule has 0 saturated carbocycles. The Balaban J connectivity index is 1.99. The zero-order valence-electron chi connectivity index (χ0n) is 10.9. The molecule has 96 valence electrons. The van der Waals surface area contributed by atoms with Crippen molar-refractivity contribution in [1.29, 1.82) is 0 Å². The molecule has 2 unspecified atom stereocenters. The van der Waals surface area contributed by atoms with Crippen LogP contribution in [0.4, 0.5) is 0 Å². The minimum absolute atomic E-state index is 0.353. The third-order valence-corrected chi connectivity index (χ3v) is 3.45. The molecule has 2 heterocycles. The molecule has 0 radical (unpaired) electrons. The van der Waals surface area contributed by atoms with E-state index in [9.17, 15) is 0 Å². The second-order valence-corrected chi connectivity index (χ2v) is 4.69. The number of nitrogens with one attached hydrogen (secondary N) is 1. The molecule has 2 atom stereocenters. The normalized spacial score (nSPS) is 21.9. The summed E-state index contributed by atoms with van der Waals surface area (Å²) in [4.78, 5) is 4.46. The van der Waals surface area contributed by atoms with E-state index < -0.39 is 0 Å². The van der Waals surface area contributed by atoms with Gasteiger partial charge in [0.05, 0.1) is 6.10 Å². The summed E-state index contributed by atoms with van der Waals surface area (Å²) in [5.74, 6) is 1.17. The van der Waals surface area contributed by atoms with E-state index in [4.69, 9.17) is 4.74 Å². The Morgan fingerprint density at radius 2 is 2.53 bits per heavy atom. The SMILES string of the molecule is CCCn1ccnc1CC(NC)C1CCCO1. The summed E-state index contributed by atoms with van der Waals surface area (Å²) in [5.41, 5.74) is 0. The molecular formula is C13H23N3O. The fourth-order valence-corrected chi connectivity index (χ4v) is 2.51. The van der Waals surface area contributed by atoms with Crippen LogP contribution < -0.4 is 5.32 Å². The van der Waals surface area contributed by atoms with Gasteiger partial charge in [0.1, 0.15) is 5.82 Å². The van der Waals surface area contributed by atoms with Gasteiger partial charge in [-0.15, -0.1) is 0 Å². The van der Waals surface area contributed by atoms with Crippen LogP contribution in [-0.4, -0.2) is 35.4 Å². The van der Waals surface area contributed by atoms with Crippen molar-refractivity contribution in [3.8, 4) is 0 Å². The van der Waals surface area contributed by atoms with E-state index in [0.29, 0.717) is 12.1 Å². The maximum Gasteiger partial charge on any atom is 0.110 e. The van der Waals surface area contributed by atoms with Gasteiger partial charge in [-0.2, -0.15) is 0 Å². The van der Waals surface area contributed by atoms with Crippen molar-refractivity contribution in [3.63, 3.8) is 0 Å². The molecule has 1 aliphatic rings. The monoisotopic (exact) mass is 237 g/mol. The molecule has 1 aromatic rings. The molecule has 1 aliphatic heterocycles. The molecule has 1 saturated heterocycles. The molecule has 0 aromatic carbocycles. The highest BCUT2D eigenvalue weighted by molar-refractivity contribution is 4.97. The minimum Gasteiger partial charge on any atom is -0.377 e. The first-order valence-corrected chi connectivity index (χ1v) is 6.64. The third kappa shape index (κ3) is 3.07. The maximum atomic E-state index is 5.76. The number of likely N-dealkylation sites (N-methyl/N-ethyl adjacent to an activating group) is 1. The number of nitrogens with zero attached hydrogens (tertiary/aromatic N) is 2. The molecule has 17 heavy (non-hydrogen) atoms. The van der Waals surface area contributed by atoms with Crippen LogP contribution >= 0.6 is 0 Å². The lowest BCUT2D eigenvalue weighted by Gasteiger charge is -2.22. The Hall–Kier alpha value is -0.870. The largest absolute Gasteiger partial charge is 0.377 e. The predicted molar refractivity (Wildman–Crippen MR) is 68.0 cm³/mol. The average Bonchev–Trinajstić information content (AvgIpc) is 2.97. The number of hydrogen-bond acceptors (Lipinski definition) is 3. The molecule has 0 spiro atoms. The summed E-state index contributed by atoms with van der Waals surface area (Å²) in [6.07, 6.45) is 8.77. The summed E-state index contributed by atoms with van der Waals surface area (Å²) < 4.78 is 8.00. The molecule has 0 aliphatic carbocycles. The molecule has 1 aromatic heterocycles. The number of aromatic nitrogens is 2. The van der Waals surface area contributed by atoms with Crippen molar-refractivity contribution in [2.24, 2.45) is 0 Å². The van der Waals surface area contributed by atoms with E-state index in [-0.39, 0.29) is 0 Å². The summed E-state index contributed by atoms with van der Waals surface area (Å²) in [7, 11) is 2.01. The lowest BCUT2D eigenvalue weighted by molar-refractivity contribution is 0.0799. The smallest absolute Gasteiger partial charge is 0.110 e. The first-order valence-electron chi connectivity index (χ1n) is 6.64. The molecule has 1 N–H and O–H groups in total. The number of ether oxygens (including phenoxy) is 1. The highest BCUT2D eigenvalue weighted by Crippen LogP contribution is 2.18. The van der Waals surface area contributed by atoms with Gasteiger partial charge in [-0.25, -0.2) is 4.98 Å². The quantitative estimate of drug-likeness (QED) is 0.817. The Morgan fingerprint density at radius 1 is 1.65 bits per heavy atom. The van der Waals surface area contributed by atoms with Gasteiger partial charge in [0, 0.05) is 38.0 Å². The van der Waals surface area contributed by atoms with Crippen LogP contribution in [-0.2, 0) is 17.7 Å². The Bertz CT molecular complexity index is 331. The third-order valence-electron chi connectivity index (χ3n) is 3.45. The van der Waals surface area contributed by atoms with Gasteiger partial charge in [-0.05, 0) is 26.3 Å². The Labute approximate surface area is 103 Å². The van der Waals surface area contributed by atoms with Crippen molar-refractivity contribution in [3.05, 3.63) is 18.2 Å². The standard InChI is InChI=1S/C13H23N3O/c1-3-7-16-8-6-15-13(16)10-11(14-2)12-5-4-9-17-12/h6,8,11-12,14H,3-5,7,9-10H2,1-2H3.